The fraction of sp³-hybridized carbons (Fsp3) is 0.636. The highest BCUT2D eigenvalue weighted by molar-refractivity contribution is 9.11. The second kappa shape index (κ2) is 5.46. The topological polar surface area (TPSA) is 68.0 Å². The van der Waals surface area contributed by atoms with Gasteiger partial charge in [0.15, 0.2) is 5.13 Å². The molecule has 0 saturated heterocycles. The Bertz CT molecular complexity index is 401. The number of nitrogens with one attached hydrogen (secondary N) is 1. The van der Waals surface area contributed by atoms with E-state index in [0.29, 0.717) is 11.7 Å². The first-order chi connectivity index (χ1) is 8.16. The number of thiazole rings is 1. The molecule has 0 unspecified atom stereocenters. The number of carbonyl (C=O) groups excluding carboxylic acids is 1. The third-order valence-electron chi connectivity index (χ3n) is 3.38. The fourth-order valence-electron chi connectivity index (χ4n) is 2.29. The number of halogens is 1. The van der Waals surface area contributed by atoms with Crippen LogP contribution in [0.25, 0.3) is 0 Å². The van der Waals surface area contributed by atoms with Crippen molar-refractivity contribution in [3.8, 4) is 0 Å². The van der Waals surface area contributed by atoms with Crippen molar-refractivity contribution in [1.82, 2.24) is 4.98 Å². The number of amides is 1. The summed E-state index contributed by atoms with van der Waals surface area (Å²) in [6, 6.07) is 0. The summed E-state index contributed by atoms with van der Waals surface area (Å²) in [5.74, 6) is 0.0292. The zero-order chi connectivity index (χ0) is 12.3. The van der Waals surface area contributed by atoms with Gasteiger partial charge in [0.25, 0.3) is 0 Å². The molecule has 3 N–H and O–H groups in total. The van der Waals surface area contributed by atoms with E-state index in [4.69, 9.17) is 5.73 Å². The van der Waals surface area contributed by atoms with Crippen LogP contribution in [0.3, 0.4) is 0 Å². The molecular weight excluding hydrogens is 302 g/mol. The molecule has 1 aliphatic rings. The number of hydrogen-bond acceptors (Lipinski definition) is 4. The minimum absolute atomic E-state index is 0.0292. The van der Waals surface area contributed by atoms with Crippen molar-refractivity contribution >= 4 is 38.3 Å². The smallest absolute Gasteiger partial charge is 0.233 e. The summed E-state index contributed by atoms with van der Waals surface area (Å²) >= 11 is 4.75. The average molecular weight is 318 g/mol. The Morgan fingerprint density at radius 2 is 2.24 bits per heavy atom. The van der Waals surface area contributed by atoms with Gasteiger partial charge in [-0.25, -0.2) is 4.98 Å². The van der Waals surface area contributed by atoms with Gasteiger partial charge in [0.05, 0.1) is 15.4 Å². The minimum atomic E-state index is -0.379. The van der Waals surface area contributed by atoms with Crippen molar-refractivity contribution in [2.24, 2.45) is 11.1 Å². The van der Waals surface area contributed by atoms with Gasteiger partial charge >= 0.3 is 0 Å². The van der Waals surface area contributed by atoms with Crippen molar-refractivity contribution in [3.63, 3.8) is 0 Å². The fourth-order valence-corrected chi connectivity index (χ4v) is 3.40. The lowest BCUT2D eigenvalue weighted by molar-refractivity contribution is -0.126. The van der Waals surface area contributed by atoms with E-state index in [1.54, 1.807) is 6.20 Å². The number of carbonyl (C=O) groups is 1. The highest BCUT2D eigenvalue weighted by atomic mass is 79.9. The van der Waals surface area contributed by atoms with E-state index in [9.17, 15) is 4.79 Å². The molecule has 1 fully saturated rings. The minimum Gasteiger partial charge on any atom is -0.329 e. The SMILES string of the molecule is NCC1(C(=O)Nc2ncc(Br)s2)CCCCC1. The molecular formula is C11H16BrN3OS. The first-order valence-corrected chi connectivity index (χ1v) is 7.40. The van der Waals surface area contributed by atoms with Crippen LogP contribution in [0, 0.1) is 5.41 Å². The third-order valence-corrected chi connectivity index (χ3v) is 4.77. The first-order valence-electron chi connectivity index (χ1n) is 5.79. The van der Waals surface area contributed by atoms with Gasteiger partial charge in [-0.1, -0.05) is 30.6 Å². The van der Waals surface area contributed by atoms with Crippen LogP contribution < -0.4 is 11.1 Å². The Morgan fingerprint density at radius 1 is 1.53 bits per heavy atom. The van der Waals surface area contributed by atoms with Gasteiger partial charge in [-0.2, -0.15) is 0 Å². The van der Waals surface area contributed by atoms with Crippen LogP contribution in [0.4, 0.5) is 5.13 Å². The molecule has 0 spiro atoms. The van der Waals surface area contributed by atoms with Crippen molar-refractivity contribution in [2.75, 3.05) is 11.9 Å². The standard InChI is InChI=1S/C11H16BrN3OS/c12-8-6-14-10(17-8)15-9(16)11(7-13)4-2-1-3-5-11/h6H,1-5,7,13H2,(H,14,15,16). The van der Waals surface area contributed by atoms with Crippen LogP contribution in [-0.2, 0) is 4.79 Å². The molecule has 0 bridgehead atoms. The zero-order valence-corrected chi connectivity index (χ0v) is 11.9. The molecule has 94 valence electrons. The Kier molecular flexibility index (Phi) is 4.17. The molecule has 1 aromatic heterocycles. The van der Waals surface area contributed by atoms with Gasteiger partial charge in [-0.05, 0) is 28.8 Å². The molecule has 4 nitrogen and oxygen atoms in total. The highest BCUT2D eigenvalue weighted by Crippen LogP contribution is 2.37. The van der Waals surface area contributed by atoms with E-state index in [1.807, 2.05) is 0 Å². The molecule has 0 aliphatic heterocycles. The van der Waals surface area contributed by atoms with Crippen LogP contribution in [0.15, 0.2) is 9.98 Å². The Morgan fingerprint density at radius 3 is 2.76 bits per heavy atom. The van der Waals surface area contributed by atoms with Gasteiger partial charge in [-0.15, -0.1) is 0 Å². The van der Waals surface area contributed by atoms with E-state index in [1.165, 1.54) is 17.8 Å². The van der Waals surface area contributed by atoms with Crippen LogP contribution in [0.5, 0.6) is 0 Å². The van der Waals surface area contributed by atoms with Gasteiger partial charge in [-0.3, -0.25) is 4.79 Å². The molecule has 1 heterocycles. The predicted octanol–water partition coefficient (Wildman–Crippen LogP) is 2.75. The van der Waals surface area contributed by atoms with Crippen LogP contribution in [0.1, 0.15) is 32.1 Å². The number of nitrogens with two attached hydrogens (primary N) is 1. The maximum atomic E-state index is 12.3. The maximum Gasteiger partial charge on any atom is 0.233 e. The largest absolute Gasteiger partial charge is 0.329 e. The molecule has 17 heavy (non-hydrogen) atoms. The Labute approximate surface area is 113 Å². The lowest BCUT2D eigenvalue weighted by Crippen LogP contribution is -2.43. The molecule has 0 atom stereocenters. The van der Waals surface area contributed by atoms with E-state index in [2.05, 4.69) is 26.2 Å². The lowest BCUT2D eigenvalue weighted by Gasteiger charge is -2.34. The number of nitrogens with zero attached hydrogens (tertiary/aromatic N) is 1. The summed E-state index contributed by atoms with van der Waals surface area (Å²) < 4.78 is 0.915. The molecule has 6 heteroatoms. The predicted molar refractivity (Wildman–Crippen MR) is 73.0 cm³/mol. The molecule has 1 aromatic rings. The zero-order valence-electron chi connectivity index (χ0n) is 9.54. The number of aromatic nitrogens is 1. The summed E-state index contributed by atoms with van der Waals surface area (Å²) in [4.78, 5) is 16.4. The molecule has 1 aliphatic carbocycles. The molecule has 1 amide bonds. The second-order valence-corrected chi connectivity index (χ2v) is 6.88. The summed E-state index contributed by atoms with van der Waals surface area (Å²) in [6.07, 6.45) is 6.86. The highest BCUT2D eigenvalue weighted by Gasteiger charge is 2.38. The Balaban J connectivity index is 2.07. The van der Waals surface area contributed by atoms with E-state index >= 15 is 0 Å². The van der Waals surface area contributed by atoms with E-state index < -0.39 is 0 Å². The number of hydrogen-bond donors (Lipinski definition) is 2. The van der Waals surface area contributed by atoms with Crippen molar-refractivity contribution in [2.45, 2.75) is 32.1 Å². The van der Waals surface area contributed by atoms with Crippen LogP contribution in [0.2, 0.25) is 0 Å². The van der Waals surface area contributed by atoms with Gasteiger partial charge in [0.1, 0.15) is 0 Å². The monoisotopic (exact) mass is 317 g/mol. The summed E-state index contributed by atoms with van der Waals surface area (Å²) in [7, 11) is 0. The van der Waals surface area contributed by atoms with Crippen LogP contribution >= 0.6 is 27.3 Å². The first kappa shape index (κ1) is 13.0. The Hall–Kier alpha value is -0.460. The van der Waals surface area contributed by atoms with Crippen LogP contribution in [-0.4, -0.2) is 17.4 Å². The van der Waals surface area contributed by atoms with Gasteiger partial charge in [0.2, 0.25) is 5.91 Å². The van der Waals surface area contributed by atoms with Crippen molar-refractivity contribution in [3.05, 3.63) is 9.98 Å². The third kappa shape index (κ3) is 2.86. The van der Waals surface area contributed by atoms with Crippen molar-refractivity contribution < 1.29 is 4.79 Å². The second-order valence-electron chi connectivity index (χ2n) is 4.47. The molecule has 0 aromatic carbocycles. The normalized spacial score (nSPS) is 18.9. The quantitative estimate of drug-likeness (QED) is 0.900. The summed E-state index contributed by atoms with van der Waals surface area (Å²) in [6.45, 7) is 0.422. The number of rotatable bonds is 3. The van der Waals surface area contributed by atoms with E-state index in [0.717, 1.165) is 29.5 Å². The maximum absolute atomic E-state index is 12.3. The molecule has 1 saturated carbocycles. The molecule has 0 radical (unpaired) electrons. The average Bonchev–Trinajstić information content (AvgIpc) is 2.75. The van der Waals surface area contributed by atoms with Gasteiger partial charge < -0.3 is 11.1 Å². The van der Waals surface area contributed by atoms with Gasteiger partial charge in [0, 0.05) is 6.54 Å². The number of anilines is 1. The molecule has 2 rings (SSSR count). The summed E-state index contributed by atoms with van der Waals surface area (Å²) in [5.41, 5.74) is 5.43. The van der Waals surface area contributed by atoms with E-state index in [-0.39, 0.29) is 11.3 Å². The van der Waals surface area contributed by atoms with Crippen molar-refractivity contribution in [1.29, 1.82) is 0 Å². The lowest BCUT2D eigenvalue weighted by atomic mass is 9.73. The summed E-state index contributed by atoms with van der Waals surface area (Å²) in [5, 5.41) is 3.52.